The van der Waals surface area contributed by atoms with Gasteiger partial charge in [-0.2, -0.15) is 0 Å². The first-order valence-electron chi connectivity index (χ1n) is 7.84. The lowest BCUT2D eigenvalue weighted by atomic mass is 10.1. The van der Waals surface area contributed by atoms with Crippen LogP contribution in [0.25, 0.3) is 6.08 Å². The van der Waals surface area contributed by atoms with Gasteiger partial charge in [0.1, 0.15) is 5.57 Å². The molecule has 7 heteroatoms. The van der Waals surface area contributed by atoms with Crippen molar-refractivity contribution in [2.75, 3.05) is 27.4 Å². The SMILES string of the molecule is COCCCOc1cc(C=C2C(=O)OC(C)(C)OC2=O)ccc1OC. The molecule has 1 aromatic carbocycles. The average molecular weight is 350 g/mol. The Hall–Kier alpha value is -2.54. The maximum Gasteiger partial charge on any atom is 0.348 e. The van der Waals surface area contributed by atoms with Gasteiger partial charge in [0.25, 0.3) is 5.79 Å². The zero-order valence-corrected chi connectivity index (χ0v) is 14.8. The molecule has 0 amide bonds. The van der Waals surface area contributed by atoms with Crippen molar-refractivity contribution < 1.29 is 33.3 Å². The molecule has 1 fully saturated rings. The van der Waals surface area contributed by atoms with E-state index in [1.54, 1.807) is 25.3 Å². The molecule has 1 heterocycles. The Labute approximate surface area is 146 Å². The molecule has 0 spiro atoms. The number of benzene rings is 1. The van der Waals surface area contributed by atoms with Crippen LogP contribution in [0.2, 0.25) is 0 Å². The van der Waals surface area contributed by atoms with Gasteiger partial charge in [-0.15, -0.1) is 0 Å². The van der Waals surface area contributed by atoms with Crippen LogP contribution in [0, 0.1) is 0 Å². The third-order valence-corrected chi connectivity index (χ3v) is 3.37. The molecule has 0 bridgehead atoms. The molecule has 0 atom stereocenters. The quantitative estimate of drug-likeness (QED) is 0.323. The van der Waals surface area contributed by atoms with E-state index in [0.29, 0.717) is 30.3 Å². The second-order valence-electron chi connectivity index (χ2n) is 5.84. The Morgan fingerprint density at radius 2 is 1.72 bits per heavy atom. The van der Waals surface area contributed by atoms with Gasteiger partial charge in [0.2, 0.25) is 0 Å². The van der Waals surface area contributed by atoms with E-state index in [0.717, 1.165) is 6.42 Å². The highest BCUT2D eigenvalue weighted by molar-refractivity contribution is 6.18. The maximum atomic E-state index is 12.0. The van der Waals surface area contributed by atoms with E-state index in [1.165, 1.54) is 27.0 Å². The van der Waals surface area contributed by atoms with Gasteiger partial charge in [0.15, 0.2) is 11.5 Å². The fourth-order valence-corrected chi connectivity index (χ4v) is 2.23. The molecule has 1 aliphatic rings. The maximum absolute atomic E-state index is 12.0. The summed E-state index contributed by atoms with van der Waals surface area (Å²) in [5.74, 6) is -1.65. The van der Waals surface area contributed by atoms with E-state index in [4.69, 9.17) is 23.7 Å². The first-order chi connectivity index (χ1) is 11.9. The number of rotatable bonds is 7. The van der Waals surface area contributed by atoms with Gasteiger partial charge in [-0.1, -0.05) is 6.07 Å². The minimum atomic E-state index is -1.26. The number of ether oxygens (including phenoxy) is 5. The van der Waals surface area contributed by atoms with Crippen LogP contribution < -0.4 is 9.47 Å². The van der Waals surface area contributed by atoms with Crippen molar-refractivity contribution >= 4 is 18.0 Å². The van der Waals surface area contributed by atoms with Gasteiger partial charge >= 0.3 is 11.9 Å². The summed E-state index contributed by atoms with van der Waals surface area (Å²) < 4.78 is 26.1. The van der Waals surface area contributed by atoms with E-state index < -0.39 is 17.7 Å². The van der Waals surface area contributed by atoms with Crippen molar-refractivity contribution in [3.63, 3.8) is 0 Å². The highest BCUT2D eigenvalue weighted by Crippen LogP contribution is 2.30. The molecular formula is C18H22O7. The summed E-state index contributed by atoms with van der Waals surface area (Å²) in [6.45, 7) is 4.03. The monoisotopic (exact) mass is 350 g/mol. The van der Waals surface area contributed by atoms with Gasteiger partial charge in [0, 0.05) is 34.0 Å². The van der Waals surface area contributed by atoms with E-state index in [2.05, 4.69) is 0 Å². The normalized spacial score (nSPS) is 16.1. The van der Waals surface area contributed by atoms with E-state index >= 15 is 0 Å². The molecule has 1 saturated heterocycles. The van der Waals surface area contributed by atoms with Crippen LogP contribution in [0.3, 0.4) is 0 Å². The number of carbonyl (C=O) groups excluding carboxylic acids is 2. The molecule has 7 nitrogen and oxygen atoms in total. The van der Waals surface area contributed by atoms with Gasteiger partial charge in [-0.05, 0) is 23.8 Å². The van der Waals surface area contributed by atoms with Gasteiger partial charge < -0.3 is 23.7 Å². The summed E-state index contributed by atoms with van der Waals surface area (Å²) in [5.41, 5.74) is 0.418. The molecule has 0 saturated carbocycles. The molecule has 2 rings (SSSR count). The van der Waals surface area contributed by atoms with Crippen LogP contribution in [-0.4, -0.2) is 45.2 Å². The van der Waals surface area contributed by atoms with Crippen LogP contribution >= 0.6 is 0 Å². The predicted molar refractivity (Wildman–Crippen MR) is 89.2 cm³/mol. The lowest BCUT2D eigenvalue weighted by Crippen LogP contribution is -2.41. The number of esters is 2. The molecule has 1 aliphatic heterocycles. The minimum absolute atomic E-state index is 0.171. The Kier molecular flexibility index (Phi) is 6.03. The smallest absolute Gasteiger partial charge is 0.348 e. The van der Waals surface area contributed by atoms with Crippen LogP contribution in [0.4, 0.5) is 0 Å². The highest BCUT2D eigenvalue weighted by Gasteiger charge is 2.38. The van der Waals surface area contributed by atoms with Crippen LogP contribution in [0.15, 0.2) is 23.8 Å². The van der Waals surface area contributed by atoms with E-state index in [1.807, 2.05) is 0 Å². The van der Waals surface area contributed by atoms with Crippen LogP contribution in [-0.2, 0) is 23.8 Å². The molecule has 0 N–H and O–H groups in total. The molecule has 136 valence electrons. The minimum Gasteiger partial charge on any atom is -0.493 e. The first kappa shape index (κ1) is 18.8. The zero-order chi connectivity index (χ0) is 18.4. The molecule has 0 radical (unpaired) electrons. The Bertz CT molecular complexity index is 654. The van der Waals surface area contributed by atoms with Crippen LogP contribution in [0.1, 0.15) is 25.8 Å². The molecule has 0 aromatic heterocycles. The van der Waals surface area contributed by atoms with Crippen molar-refractivity contribution in [2.45, 2.75) is 26.1 Å². The van der Waals surface area contributed by atoms with Crippen molar-refractivity contribution in [1.29, 1.82) is 0 Å². The predicted octanol–water partition coefficient (Wildman–Crippen LogP) is 2.33. The molecular weight excluding hydrogens is 328 g/mol. The molecule has 0 aliphatic carbocycles. The summed E-state index contributed by atoms with van der Waals surface area (Å²) in [4.78, 5) is 24.0. The third kappa shape index (κ3) is 4.96. The second kappa shape index (κ2) is 8.02. The van der Waals surface area contributed by atoms with Gasteiger partial charge in [0.05, 0.1) is 13.7 Å². The number of carbonyl (C=O) groups is 2. The summed E-state index contributed by atoms with van der Waals surface area (Å²) in [5, 5.41) is 0. The Morgan fingerprint density at radius 3 is 2.32 bits per heavy atom. The topological polar surface area (TPSA) is 80.3 Å². The largest absolute Gasteiger partial charge is 0.493 e. The zero-order valence-electron chi connectivity index (χ0n) is 14.8. The second-order valence-corrected chi connectivity index (χ2v) is 5.84. The summed E-state index contributed by atoms with van der Waals surface area (Å²) in [6, 6.07) is 5.08. The van der Waals surface area contributed by atoms with Crippen molar-refractivity contribution in [1.82, 2.24) is 0 Å². The molecule has 1 aromatic rings. The first-order valence-corrected chi connectivity index (χ1v) is 7.84. The number of cyclic esters (lactones) is 2. The van der Waals surface area contributed by atoms with Gasteiger partial charge in [-0.3, -0.25) is 0 Å². The fraction of sp³-hybridized carbons (Fsp3) is 0.444. The number of hydrogen-bond donors (Lipinski definition) is 0. The van der Waals surface area contributed by atoms with Crippen molar-refractivity contribution in [3.8, 4) is 11.5 Å². The summed E-state index contributed by atoms with van der Waals surface area (Å²) in [6.07, 6.45) is 2.13. The fourth-order valence-electron chi connectivity index (χ4n) is 2.23. The van der Waals surface area contributed by atoms with Crippen molar-refractivity contribution in [2.24, 2.45) is 0 Å². The lowest BCUT2D eigenvalue weighted by molar-refractivity contribution is -0.222. The number of hydrogen-bond acceptors (Lipinski definition) is 7. The average Bonchev–Trinajstić information content (AvgIpc) is 2.54. The van der Waals surface area contributed by atoms with E-state index in [-0.39, 0.29) is 5.57 Å². The molecule has 0 unspecified atom stereocenters. The third-order valence-electron chi connectivity index (χ3n) is 3.37. The van der Waals surface area contributed by atoms with Crippen LogP contribution in [0.5, 0.6) is 11.5 Å². The lowest BCUT2D eigenvalue weighted by Gasteiger charge is -2.29. The number of methoxy groups -OCH3 is 2. The van der Waals surface area contributed by atoms with E-state index in [9.17, 15) is 9.59 Å². The molecule has 25 heavy (non-hydrogen) atoms. The highest BCUT2D eigenvalue weighted by atomic mass is 16.7. The Balaban J connectivity index is 2.21. The standard InChI is InChI=1S/C18H22O7/c1-18(2)24-16(19)13(17(20)25-18)10-12-6-7-14(22-4)15(11-12)23-9-5-8-21-3/h6-7,10-11H,5,8-9H2,1-4H3. The summed E-state index contributed by atoms with van der Waals surface area (Å²) >= 11 is 0. The van der Waals surface area contributed by atoms with Crippen molar-refractivity contribution in [3.05, 3.63) is 29.3 Å². The Morgan fingerprint density at radius 1 is 1.04 bits per heavy atom. The van der Waals surface area contributed by atoms with Gasteiger partial charge in [-0.25, -0.2) is 9.59 Å². The summed E-state index contributed by atoms with van der Waals surface area (Å²) in [7, 11) is 3.16.